The Morgan fingerprint density at radius 1 is 1.16 bits per heavy atom. The van der Waals surface area contributed by atoms with E-state index >= 15 is 0 Å². The quantitative estimate of drug-likeness (QED) is 0.495. The molecule has 2 atom stereocenters. The highest BCUT2D eigenvalue weighted by Gasteiger charge is 2.29. The number of likely N-dealkylation sites (tertiary alicyclic amines) is 1. The van der Waals surface area contributed by atoms with Gasteiger partial charge in [-0.1, -0.05) is 18.2 Å². The van der Waals surface area contributed by atoms with Crippen molar-refractivity contribution in [2.75, 3.05) is 6.54 Å². The summed E-state index contributed by atoms with van der Waals surface area (Å²) in [7, 11) is 2.04. The first-order valence-electron chi connectivity index (χ1n) is 11.1. The van der Waals surface area contributed by atoms with E-state index in [1.807, 2.05) is 37.1 Å². The number of fused-ring (bicyclic) bond motifs is 2. The van der Waals surface area contributed by atoms with Crippen molar-refractivity contribution in [1.29, 1.82) is 0 Å². The molecule has 2 N–H and O–H groups in total. The molecule has 0 unspecified atom stereocenters. The smallest absolute Gasteiger partial charge is 0.254 e. The summed E-state index contributed by atoms with van der Waals surface area (Å²) in [6.45, 7) is 5.82. The lowest BCUT2D eigenvalue weighted by Crippen LogP contribution is -2.52. The number of carbonyl (C=O) groups is 1. The number of para-hydroxylation sites is 1. The monoisotopic (exact) mass is 451 g/mol. The van der Waals surface area contributed by atoms with Crippen molar-refractivity contribution >= 4 is 40.3 Å². The van der Waals surface area contributed by atoms with E-state index < -0.39 is 0 Å². The normalized spacial score (nSPS) is 18.8. The van der Waals surface area contributed by atoms with E-state index in [2.05, 4.69) is 46.4 Å². The molecule has 0 bridgehead atoms. The van der Waals surface area contributed by atoms with Crippen LogP contribution in [0.2, 0.25) is 0 Å². The lowest BCUT2D eigenvalue weighted by atomic mass is 9.97. The van der Waals surface area contributed by atoms with E-state index in [9.17, 15) is 4.79 Å². The molecule has 0 aliphatic carbocycles. The fraction of sp³-hybridized carbons (Fsp3) is 0.360. The predicted octanol–water partition coefficient (Wildman–Crippen LogP) is 4.59. The third-order valence-corrected chi connectivity index (χ3v) is 6.79. The molecule has 1 aliphatic heterocycles. The third kappa shape index (κ3) is 3.48. The van der Waals surface area contributed by atoms with Crippen molar-refractivity contribution in [2.45, 2.75) is 45.3 Å². The fourth-order valence-electron chi connectivity index (χ4n) is 4.92. The van der Waals surface area contributed by atoms with Crippen LogP contribution >= 0.6 is 12.4 Å². The minimum absolute atomic E-state index is 0. The zero-order valence-corrected chi connectivity index (χ0v) is 19.6. The molecule has 1 fully saturated rings. The number of rotatable bonds is 3. The zero-order valence-electron chi connectivity index (χ0n) is 18.8. The number of imidazole rings is 1. The Morgan fingerprint density at radius 3 is 2.72 bits per heavy atom. The molecule has 2 aromatic heterocycles. The Labute approximate surface area is 194 Å². The van der Waals surface area contributed by atoms with Crippen molar-refractivity contribution in [1.82, 2.24) is 19.0 Å². The van der Waals surface area contributed by atoms with Crippen LogP contribution in [-0.4, -0.2) is 43.6 Å². The van der Waals surface area contributed by atoms with Gasteiger partial charge < -0.3 is 19.8 Å². The summed E-state index contributed by atoms with van der Waals surface area (Å²) < 4.78 is 4.41. The third-order valence-electron chi connectivity index (χ3n) is 6.79. The maximum atomic E-state index is 13.2. The van der Waals surface area contributed by atoms with Crippen molar-refractivity contribution < 1.29 is 4.79 Å². The van der Waals surface area contributed by atoms with Crippen LogP contribution in [0.3, 0.4) is 0 Å². The van der Waals surface area contributed by atoms with Crippen LogP contribution in [0.25, 0.3) is 33.5 Å². The van der Waals surface area contributed by atoms with Gasteiger partial charge in [-0.3, -0.25) is 4.79 Å². The summed E-state index contributed by atoms with van der Waals surface area (Å²) in [6.07, 6.45) is 1.92. The Hall–Kier alpha value is -2.83. The topological polar surface area (TPSA) is 69.1 Å². The molecule has 32 heavy (non-hydrogen) atoms. The Bertz CT molecular complexity index is 1290. The van der Waals surface area contributed by atoms with Gasteiger partial charge in [0.2, 0.25) is 0 Å². The number of halogens is 1. The molecule has 3 heterocycles. The van der Waals surface area contributed by atoms with Gasteiger partial charge in [0.05, 0.1) is 16.7 Å². The first kappa shape index (κ1) is 22.4. The van der Waals surface area contributed by atoms with Crippen LogP contribution in [0.4, 0.5) is 0 Å². The molecule has 168 valence electrons. The summed E-state index contributed by atoms with van der Waals surface area (Å²) >= 11 is 0. The number of piperidine rings is 1. The number of aryl methyl sites for hydroxylation is 2. The highest BCUT2D eigenvalue weighted by atomic mass is 35.5. The first-order valence-corrected chi connectivity index (χ1v) is 11.1. The molecule has 1 aliphatic rings. The van der Waals surface area contributed by atoms with Crippen molar-refractivity contribution in [2.24, 2.45) is 12.8 Å². The van der Waals surface area contributed by atoms with E-state index in [-0.39, 0.29) is 30.4 Å². The number of aromatic nitrogens is 3. The lowest BCUT2D eigenvalue weighted by molar-refractivity contribution is 0.0605. The van der Waals surface area contributed by atoms with Crippen LogP contribution in [0.15, 0.2) is 48.5 Å². The molecular formula is C25H30ClN5O. The lowest BCUT2D eigenvalue weighted by Gasteiger charge is -2.37. The van der Waals surface area contributed by atoms with Crippen molar-refractivity contribution in [3.8, 4) is 11.5 Å². The van der Waals surface area contributed by atoms with Crippen molar-refractivity contribution in [3.05, 3.63) is 54.1 Å². The number of benzene rings is 2. The second kappa shape index (κ2) is 8.60. The molecule has 4 aromatic rings. The van der Waals surface area contributed by atoms with Gasteiger partial charge in [-0.25, -0.2) is 4.98 Å². The highest BCUT2D eigenvalue weighted by molar-refractivity contribution is 5.98. The minimum Gasteiger partial charge on any atom is -0.338 e. The Kier molecular flexibility index (Phi) is 6.01. The largest absolute Gasteiger partial charge is 0.338 e. The maximum Gasteiger partial charge on any atom is 0.254 e. The molecular weight excluding hydrogens is 422 g/mol. The molecule has 7 heteroatoms. The molecule has 0 radical (unpaired) electrons. The summed E-state index contributed by atoms with van der Waals surface area (Å²) in [6, 6.07) is 16.5. The van der Waals surface area contributed by atoms with Crippen LogP contribution < -0.4 is 5.73 Å². The van der Waals surface area contributed by atoms with E-state index in [1.165, 1.54) is 10.9 Å². The van der Waals surface area contributed by atoms with E-state index in [0.29, 0.717) is 5.56 Å². The number of hydrogen-bond acceptors (Lipinski definition) is 3. The van der Waals surface area contributed by atoms with Gasteiger partial charge in [-0.05, 0) is 57.0 Å². The van der Waals surface area contributed by atoms with Gasteiger partial charge in [0.25, 0.3) is 5.91 Å². The fourth-order valence-corrected chi connectivity index (χ4v) is 4.92. The second-order valence-corrected chi connectivity index (χ2v) is 8.58. The van der Waals surface area contributed by atoms with Gasteiger partial charge in [-0.15, -0.1) is 12.4 Å². The van der Waals surface area contributed by atoms with Gasteiger partial charge >= 0.3 is 0 Å². The molecule has 1 saturated heterocycles. The number of nitrogens with two attached hydrogens (primary N) is 1. The van der Waals surface area contributed by atoms with E-state index in [0.717, 1.165) is 48.5 Å². The van der Waals surface area contributed by atoms with Crippen LogP contribution in [-0.2, 0) is 13.6 Å². The number of nitrogens with zero attached hydrogens (tertiary/aromatic N) is 4. The summed E-state index contributed by atoms with van der Waals surface area (Å²) in [5, 5.41) is 1.21. The van der Waals surface area contributed by atoms with Crippen molar-refractivity contribution in [3.63, 3.8) is 0 Å². The second-order valence-electron chi connectivity index (χ2n) is 8.58. The average Bonchev–Trinajstić information content (AvgIpc) is 3.32. The van der Waals surface area contributed by atoms with Gasteiger partial charge in [-0.2, -0.15) is 0 Å². The van der Waals surface area contributed by atoms with Gasteiger partial charge in [0.15, 0.2) is 5.82 Å². The molecule has 6 nitrogen and oxygen atoms in total. The number of carbonyl (C=O) groups excluding carboxylic acids is 1. The molecule has 0 spiro atoms. The van der Waals surface area contributed by atoms with Crippen LogP contribution in [0.1, 0.15) is 37.0 Å². The number of hydrogen-bond donors (Lipinski definition) is 1. The van der Waals surface area contributed by atoms with Gasteiger partial charge in [0, 0.05) is 48.7 Å². The molecule has 0 saturated carbocycles. The van der Waals surface area contributed by atoms with Gasteiger partial charge in [0.1, 0.15) is 0 Å². The minimum atomic E-state index is 0. The van der Waals surface area contributed by atoms with Crippen LogP contribution in [0, 0.1) is 0 Å². The molecule has 1 amide bonds. The molecule has 5 rings (SSSR count). The first-order chi connectivity index (χ1) is 15.0. The SMILES string of the molecule is CCn1c(-c2nc3cc(C(=O)N4CCC[C@H](N)[C@@H]4C)ccc3n2C)cc2ccccc21.Cl. The summed E-state index contributed by atoms with van der Waals surface area (Å²) in [5.41, 5.74) is 11.0. The Balaban J connectivity index is 0.00000245. The number of amides is 1. The maximum absolute atomic E-state index is 13.2. The van der Waals surface area contributed by atoms with Crippen LogP contribution in [0.5, 0.6) is 0 Å². The van der Waals surface area contributed by atoms with E-state index in [4.69, 9.17) is 10.7 Å². The Morgan fingerprint density at radius 2 is 1.94 bits per heavy atom. The van der Waals surface area contributed by atoms with E-state index in [1.54, 1.807) is 0 Å². The summed E-state index contributed by atoms with van der Waals surface area (Å²) in [4.78, 5) is 20.1. The zero-order chi connectivity index (χ0) is 21.7. The highest BCUT2D eigenvalue weighted by Crippen LogP contribution is 2.30. The standard InChI is InChI=1S/C25H29N5O.ClH/c1-4-29-21-10-6-5-8-17(21)15-23(29)24-27-20-14-18(11-12-22(20)28(24)3)25(31)30-13-7-9-19(26)16(30)2;/h5-6,8,10-12,14-16,19H,4,7,9,13,26H2,1-3H3;1H/t16-,19-;/m0./s1. The average molecular weight is 452 g/mol. The molecule has 2 aromatic carbocycles. The predicted molar refractivity (Wildman–Crippen MR) is 132 cm³/mol. The summed E-state index contributed by atoms with van der Waals surface area (Å²) in [5.74, 6) is 0.949.